The zero-order chi connectivity index (χ0) is 17.4. The monoisotopic (exact) mass is 340 g/mol. The second-order valence-electron chi connectivity index (χ2n) is 5.47. The van der Waals surface area contributed by atoms with Gasteiger partial charge in [-0.1, -0.05) is 49.4 Å². The Bertz CT molecular complexity index is 713. The molecule has 2 aromatic rings. The number of hydrogen-bond donors (Lipinski definition) is 2. The fourth-order valence-electron chi connectivity index (χ4n) is 2.23. The number of carbonyl (C=O) groups excluding carboxylic acids is 1. The van der Waals surface area contributed by atoms with Gasteiger partial charge in [0.1, 0.15) is 0 Å². The molecular weight excluding hydrogens is 320 g/mol. The van der Waals surface area contributed by atoms with E-state index in [9.17, 15) is 9.90 Å². The molecule has 0 aromatic heterocycles. The van der Waals surface area contributed by atoms with Crippen LogP contribution in [0.25, 0.3) is 0 Å². The van der Waals surface area contributed by atoms with Crippen LogP contribution in [0, 0.1) is 11.3 Å². The first-order chi connectivity index (χ1) is 11.6. The summed E-state index contributed by atoms with van der Waals surface area (Å²) in [6.07, 6.45) is -0.389. The second kappa shape index (κ2) is 9.11. The number of nitrogens with zero attached hydrogens (tertiary/aromatic N) is 1. The standard InChI is InChI=1S/C19H20N2O2S/c1-14(11-12-20)24-18-10-6-5-9-16(18)21-19(23)13-17(22)15-7-3-2-4-8-15/h2-10,14,17,22H,11,13H2,1H3,(H,21,23). The highest BCUT2D eigenvalue weighted by Gasteiger charge is 2.15. The van der Waals surface area contributed by atoms with E-state index in [1.807, 2.05) is 49.4 Å². The number of para-hydroxylation sites is 1. The van der Waals surface area contributed by atoms with Crippen LogP contribution >= 0.6 is 11.8 Å². The van der Waals surface area contributed by atoms with Crippen molar-refractivity contribution in [2.45, 2.75) is 36.0 Å². The zero-order valence-electron chi connectivity index (χ0n) is 13.5. The third-order valence-corrected chi connectivity index (χ3v) is 4.61. The fraction of sp³-hybridized carbons (Fsp3) is 0.263. The van der Waals surface area contributed by atoms with Crippen molar-refractivity contribution < 1.29 is 9.90 Å². The van der Waals surface area contributed by atoms with Crippen molar-refractivity contribution in [1.29, 1.82) is 5.26 Å². The van der Waals surface area contributed by atoms with E-state index in [2.05, 4.69) is 11.4 Å². The molecule has 0 bridgehead atoms. The number of nitriles is 1. The van der Waals surface area contributed by atoms with Crippen molar-refractivity contribution in [2.75, 3.05) is 5.32 Å². The van der Waals surface area contributed by atoms with Gasteiger partial charge in [0.2, 0.25) is 5.91 Å². The Kier molecular flexibility index (Phi) is 6.86. The summed E-state index contributed by atoms with van der Waals surface area (Å²) < 4.78 is 0. The van der Waals surface area contributed by atoms with E-state index in [0.717, 1.165) is 10.5 Å². The van der Waals surface area contributed by atoms with E-state index in [0.29, 0.717) is 12.1 Å². The number of aliphatic hydroxyl groups is 1. The molecule has 2 unspecified atom stereocenters. The molecular formula is C19H20N2O2S. The highest BCUT2D eigenvalue weighted by atomic mass is 32.2. The van der Waals surface area contributed by atoms with Gasteiger partial charge in [0.05, 0.1) is 24.3 Å². The minimum absolute atomic E-state index is 0.00321. The van der Waals surface area contributed by atoms with E-state index < -0.39 is 6.10 Å². The molecule has 5 heteroatoms. The molecule has 0 aliphatic heterocycles. The Morgan fingerprint density at radius 1 is 1.21 bits per heavy atom. The largest absolute Gasteiger partial charge is 0.388 e. The third-order valence-electron chi connectivity index (χ3n) is 3.43. The van der Waals surface area contributed by atoms with Gasteiger partial charge in [-0.2, -0.15) is 5.26 Å². The highest BCUT2D eigenvalue weighted by Crippen LogP contribution is 2.31. The lowest BCUT2D eigenvalue weighted by Gasteiger charge is -2.15. The lowest BCUT2D eigenvalue weighted by molar-refractivity contribution is -0.118. The minimum atomic E-state index is -0.830. The van der Waals surface area contributed by atoms with E-state index in [1.165, 1.54) is 0 Å². The fourth-order valence-corrected chi connectivity index (χ4v) is 3.22. The first kappa shape index (κ1) is 18.1. The number of hydrogen-bond acceptors (Lipinski definition) is 4. The summed E-state index contributed by atoms with van der Waals surface area (Å²) >= 11 is 1.55. The first-order valence-electron chi connectivity index (χ1n) is 7.75. The smallest absolute Gasteiger partial charge is 0.227 e. The number of rotatable bonds is 7. The quantitative estimate of drug-likeness (QED) is 0.743. The summed E-state index contributed by atoms with van der Waals surface area (Å²) in [5.41, 5.74) is 1.43. The summed E-state index contributed by atoms with van der Waals surface area (Å²) in [4.78, 5) is 13.1. The molecule has 0 saturated heterocycles. The van der Waals surface area contributed by atoms with Gasteiger partial charge in [-0.15, -0.1) is 11.8 Å². The van der Waals surface area contributed by atoms with Crippen LogP contribution < -0.4 is 5.32 Å². The zero-order valence-corrected chi connectivity index (χ0v) is 14.3. The van der Waals surface area contributed by atoms with Gasteiger partial charge >= 0.3 is 0 Å². The van der Waals surface area contributed by atoms with Crippen LogP contribution in [0.5, 0.6) is 0 Å². The lowest BCUT2D eigenvalue weighted by Crippen LogP contribution is -2.16. The molecule has 0 radical (unpaired) electrons. The first-order valence-corrected chi connectivity index (χ1v) is 8.63. The molecule has 2 aromatic carbocycles. The molecule has 2 rings (SSSR count). The average Bonchev–Trinajstić information content (AvgIpc) is 2.57. The van der Waals surface area contributed by atoms with E-state index in [1.54, 1.807) is 23.9 Å². The molecule has 0 spiro atoms. The van der Waals surface area contributed by atoms with Crippen LogP contribution in [0.3, 0.4) is 0 Å². The second-order valence-corrected chi connectivity index (χ2v) is 6.95. The molecule has 124 valence electrons. The van der Waals surface area contributed by atoms with Crippen LogP contribution in [0.4, 0.5) is 5.69 Å². The van der Waals surface area contributed by atoms with E-state index in [-0.39, 0.29) is 17.6 Å². The van der Waals surface area contributed by atoms with Crippen LogP contribution in [-0.4, -0.2) is 16.3 Å². The Hall–Kier alpha value is -2.29. The molecule has 0 aliphatic rings. The van der Waals surface area contributed by atoms with Crippen molar-refractivity contribution in [1.82, 2.24) is 0 Å². The third kappa shape index (κ3) is 5.41. The van der Waals surface area contributed by atoms with Gasteiger partial charge in [-0.3, -0.25) is 4.79 Å². The lowest BCUT2D eigenvalue weighted by atomic mass is 10.1. The number of nitrogens with one attached hydrogen (secondary N) is 1. The molecule has 0 fully saturated rings. The normalized spacial score (nSPS) is 12.9. The molecule has 2 atom stereocenters. The molecule has 24 heavy (non-hydrogen) atoms. The summed E-state index contributed by atoms with van der Waals surface area (Å²) in [7, 11) is 0. The number of benzene rings is 2. The van der Waals surface area contributed by atoms with Gasteiger partial charge < -0.3 is 10.4 Å². The Balaban J connectivity index is 2.00. The van der Waals surface area contributed by atoms with Gasteiger partial charge in [0, 0.05) is 16.6 Å². The van der Waals surface area contributed by atoms with E-state index >= 15 is 0 Å². The van der Waals surface area contributed by atoms with Crippen molar-refractivity contribution in [3.05, 3.63) is 60.2 Å². The molecule has 4 nitrogen and oxygen atoms in total. The van der Waals surface area contributed by atoms with Gasteiger partial charge in [-0.25, -0.2) is 0 Å². The van der Waals surface area contributed by atoms with Crippen LogP contribution in [0.1, 0.15) is 31.4 Å². The Morgan fingerprint density at radius 3 is 2.58 bits per heavy atom. The number of amides is 1. The number of thioether (sulfide) groups is 1. The SMILES string of the molecule is CC(CC#N)Sc1ccccc1NC(=O)CC(O)c1ccccc1. The minimum Gasteiger partial charge on any atom is -0.388 e. The van der Waals surface area contributed by atoms with Gasteiger partial charge in [0.15, 0.2) is 0 Å². The number of anilines is 1. The van der Waals surface area contributed by atoms with Gasteiger partial charge in [-0.05, 0) is 17.7 Å². The van der Waals surface area contributed by atoms with Crippen LogP contribution in [-0.2, 0) is 4.79 Å². The van der Waals surface area contributed by atoms with Gasteiger partial charge in [0.25, 0.3) is 0 Å². The van der Waals surface area contributed by atoms with Crippen molar-refractivity contribution >= 4 is 23.4 Å². The van der Waals surface area contributed by atoms with Crippen molar-refractivity contribution in [2.24, 2.45) is 0 Å². The summed E-state index contributed by atoms with van der Waals surface area (Å²) in [5, 5.41) is 21.9. The average molecular weight is 340 g/mol. The maximum Gasteiger partial charge on any atom is 0.227 e. The molecule has 0 saturated carbocycles. The predicted molar refractivity (Wildman–Crippen MR) is 96.6 cm³/mol. The maximum absolute atomic E-state index is 12.2. The van der Waals surface area contributed by atoms with Crippen LogP contribution in [0.2, 0.25) is 0 Å². The predicted octanol–water partition coefficient (Wildman–Crippen LogP) is 4.14. The summed E-state index contributed by atoms with van der Waals surface area (Å²) in [6.45, 7) is 1.98. The summed E-state index contributed by atoms with van der Waals surface area (Å²) in [6, 6.07) is 18.8. The molecule has 0 aliphatic carbocycles. The van der Waals surface area contributed by atoms with Crippen molar-refractivity contribution in [3.8, 4) is 6.07 Å². The Labute approximate surface area is 146 Å². The Morgan fingerprint density at radius 2 is 1.88 bits per heavy atom. The van der Waals surface area contributed by atoms with Crippen LogP contribution in [0.15, 0.2) is 59.5 Å². The highest BCUT2D eigenvalue weighted by molar-refractivity contribution is 8.00. The molecule has 1 amide bonds. The number of carbonyl (C=O) groups is 1. The van der Waals surface area contributed by atoms with E-state index in [4.69, 9.17) is 5.26 Å². The van der Waals surface area contributed by atoms with Crippen molar-refractivity contribution in [3.63, 3.8) is 0 Å². The summed E-state index contributed by atoms with van der Waals surface area (Å²) in [5.74, 6) is -0.243. The molecule has 0 heterocycles. The topological polar surface area (TPSA) is 73.1 Å². The molecule has 2 N–H and O–H groups in total. The number of aliphatic hydroxyl groups excluding tert-OH is 1. The maximum atomic E-state index is 12.2.